The molecule has 3 heterocycles. The van der Waals surface area contributed by atoms with Crippen molar-refractivity contribution in [3.63, 3.8) is 0 Å². The number of nitrogens with one attached hydrogen (secondary N) is 1. The molecule has 3 fully saturated rings. The molecule has 1 unspecified atom stereocenters. The second-order valence-electron chi connectivity index (χ2n) is 6.88. The summed E-state index contributed by atoms with van der Waals surface area (Å²) < 4.78 is 17.0. The first kappa shape index (κ1) is 16.0. The highest BCUT2D eigenvalue weighted by Gasteiger charge is 2.41. The highest BCUT2D eigenvalue weighted by atomic mass is 35.5. The van der Waals surface area contributed by atoms with Crippen LogP contribution in [-0.2, 0) is 16.1 Å². The molecule has 5 nitrogen and oxygen atoms in total. The van der Waals surface area contributed by atoms with E-state index in [2.05, 4.69) is 5.32 Å². The van der Waals surface area contributed by atoms with E-state index < -0.39 is 0 Å². The zero-order valence-electron chi connectivity index (χ0n) is 13.6. The molecule has 4 aliphatic rings. The average molecular weight is 352 g/mol. The lowest BCUT2D eigenvalue weighted by atomic mass is 9.70. The largest absolute Gasteiger partial charge is 0.489 e. The van der Waals surface area contributed by atoms with Crippen molar-refractivity contribution in [3.8, 4) is 11.5 Å². The van der Waals surface area contributed by atoms with E-state index in [4.69, 9.17) is 25.8 Å². The van der Waals surface area contributed by atoms with Crippen LogP contribution in [0.15, 0.2) is 12.1 Å². The van der Waals surface area contributed by atoms with Gasteiger partial charge in [0.15, 0.2) is 11.5 Å². The van der Waals surface area contributed by atoms with Gasteiger partial charge in [0, 0.05) is 19.4 Å². The van der Waals surface area contributed by atoms with Crippen LogP contribution in [0.25, 0.3) is 0 Å². The van der Waals surface area contributed by atoms with Gasteiger partial charge in [-0.25, -0.2) is 0 Å². The Morgan fingerprint density at radius 2 is 2.08 bits per heavy atom. The molecule has 0 aromatic heterocycles. The lowest BCUT2D eigenvalue weighted by Crippen LogP contribution is -2.46. The van der Waals surface area contributed by atoms with Crippen molar-refractivity contribution in [2.45, 2.75) is 38.3 Å². The number of carbonyl (C=O) groups is 1. The van der Waals surface area contributed by atoms with Gasteiger partial charge in [-0.1, -0.05) is 11.6 Å². The van der Waals surface area contributed by atoms with Crippen LogP contribution in [0, 0.1) is 11.8 Å². The predicted octanol–water partition coefficient (Wildman–Crippen LogP) is 2.93. The van der Waals surface area contributed by atoms with Crippen LogP contribution in [0.4, 0.5) is 0 Å². The maximum atomic E-state index is 12.2. The van der Waals surface area contributed by atoms with Crippen LogP contribution in [0.3, 0.4) is 0 Å². The monoisotopic (exact) mass is 351 g/mol. The van der Waals surface area contributed by atoms with Crippen LogP contribution in [-0.4, -0.2) is 31.8 Å². The summed E-state index contributed by atoms with van der Waals surface area (Å²) in [7, 11) is 0. The van der Waals surface area contributed by atoms with Gasteiger partial charge in [-0.05, 0) is 42.4 Å². The molecule has 1 amide bonds. The maximum Gasteiger partial charge on any atom is 0.220 e. The number of halogens is 1. The number of hydrogen-bond acceptors (Lipinski definition) is 4. The highest BCUT2D eigenvalue weighted by molar-refractivity contribution is 6.32. The van der Waals surface area contributed by atoms with Gasteiger partial charge >= 0.3 is 0 Å². The Hall–Kier alpha value is -1.46. The first-order valence-electron chi connectivity index (χ1n) is 8.65. The molecule has 24 heavy (non-hydrogen) atoms. The van der Waals surface area contributed by atoms with Crippen molar-refractivity contribution >= 4 is 17.5 Å². The van der Waals surface area contributed by atoms with Crippen molar-refractivity contribution in [1.82, 2.24) is 5.32 Å². The van der Waals surface area contributed by atoms with E-state index in [1.165, 1.54) is 0 Å². The Kier molecular flexibility index (Phi) is 4.55. The lowest BCUT2D eigenvalue weighted by Gasteiger charge is -2.46. The molecule has 1 saturated carbocycles. The highest BCUT2D eigenvalue weighted by Crippen LogP contribution is 2.42. The summed E-state index contributed by atoms with van der Waals surface area (Å²) in [4.78, 5) is 12.2. The molecular formula is C18H22ClNO4. The average Bonchev–Trinajstić information content (AvgIpc) is 2.78. The van der Waals surface area contributed by atoms with Gasteiger partial charge in [-0.2, -0.15) is 0 Å². The molecule has 1 aromatic carbocycles. The first-order chi connectivity index (χ1) is 11.7. The summed E-state index contributed by atoms with van der Waals surface area (Å²) in [5.41, 5.74) is 0.918. The molecule has 6 heteroatoms. The fourth-order valence-corrected chi connectivity index (χ4v) is 3.93. The third kappa shape index (κ3) is 3.33. The zero-order valence-corrected chi connectivity index (χ0v) is 14.3. The minimum Gasteiger partial charge on any atom is -0.489 e. The van der Waals surface area contributed by atoms with Gasteiger partial charge < -0.3 is 19.5 Å². The van der Waals surface area contributed by atoms with Crippen molar-refractivity contribution in [3.05, 3.63) is 22.7 Å². The Balaban J connectivity index is 1.34. The fraction of sp³-hybridized carbons (Fsp3) is 0.611. The summed E-state index contributed by atoms with van der Waals surface area (Å²) >= 11 is 6.28. The summed E-state index contributed by atoms with van der Waals surface area (Å²) in [6.45, 7) is 2.38. The fourth-order valence-electron chi connectivity index (χ4n) is 3.65. The van der Waals surface area contributed by atoms with Crippen LogP contribution in [0.1, 0.15) is 31.2 Å². The second kappa shape index (κ2) is 6.81. The van der Waals surface area contributed by atoms with Crippen LogP contribution < -0.4 is 14.8 Å². The van der Waals surface area contributed by atoms with Crippen molar-refractivity contribution in [1.29, 1.82) is 0 Å². The molecule has 1 aromatic rings. The molecule has 130 valence electrons. The minimum absolute atomic E-state index is 0.0668. The van der Waals surface area contributed by atoms with E-state index in [9.17, 15) is 4.79 Å². The van der Waals surface area contributed by atoms with Gasteiger partial charge in [-0.15, -0.1) is 0 Å². The molecule has 1 atom stereocenters. The van der Waals surface area contributed by atoms with Crippen molar-refractivity contribution < 1.29 is 19.0 Å². The normalized spacial score (nSPS) is 27.8. The number of ether oxygens (including phenoxy) is 3. The number of amides is 1. The smallest absolute Gasteiger partial charge is 0.220 e. The second-order valence-corrected chi connectivity index (χ2v) is 7.29. The zero-order chi connectivity index (χ0) is 16.5. The van der Waals surface area contributed by atoms with Crippen LogP contribution >= 0.6 is 11.6 Å². The van der Waals surface area contributed by atoms with Crippen LogP contribution in [0.2, 0.25) is 5.02 Å². The molecule has 1 N–H and O–H groups in total. The van der Waals surface area contributed by atoms with E-state index in [0.29, 0.717) is 60.6 Å². The molecule has 1 aliphatic carbocycles. The molecule has 3 aliphatic heterocycles. The molecular weight excluding hydrogens is 330 g/mol. The number of benzene rings is 1. The SMILES string of the molecule is O=C(CC1COC2CC1C2)NCc1cc(Cl)c2c(c1)OCCCO2. The Labute approximate surface area is 146 Å². The third-order valence-corrected chi connectivity index (χ3v) is 5.42. The number of rotatable bonds is 4. The molecule has 0 spiro atoms. The van der Waals surface area contributed by atoms with Gasteiger partial charge in [0.25, 0.3) is 0 Å². The van der Waals surface area contributed by atoms with Gasteiger partial charge in [0.1, 0.15) is 0 Å². The topological polar surface area (TPSA) is 56.8 Å². The molecule has 5 rings (SSSR count). The lowest BCUT2D eigenvalue weighted by molar-refractivity contribution is -0.142. The van der Waals surface area contributed by atoms with E-state index in [1.807, 2.05) is 12.1 Å². The van der Waals surface area contributed by atoms with E-state index >= 15 is 0 Å². The minimum atomic E-state index is 0.0668. The molecule has 2 saturated heterocycles. The van der Waals surface area contributed by atoms with Gasteiger partial charge in [-0.3, -0.25) is 4.79 Å². The third-order valence-electron chi connectivity index (χ3n) is 5.14. The predicted molar refractivity (Wildman–Crippen MR) is 89.5 cm³/mol. The Morgan fingerprint density at radius 3 is 2.88 bits per heavy atom. The Bertz CT molecular complexity index is 627. The van der Waals surface area contributed by atoms with Crippen molar-refractivity contribution in [2.75, 3.05) is 19.8 Å². The quantitative estimate of drug-likeness (QED) is 0.906. The van der Waals surface area contributed by atoms with E-state index in [-0.39, 0.29) is 5.91 Å². The summed E-state index contributed by atoms with van der Waals surface area (Å²) in [6.07, 6.45) is 4.07. The number of hydrogen-bond donors (Lipinski definition) is 1. The first-order valence-corrected chi connectivity index (χ1v) is 9.03. The summed E-state index contributed by atoms with van der Waals surface area (Å²) in [6, 6.07) is 3.72. The van der Waals surface area contributed by atoms with Crippen molar-refractivity contribution in [2.24, 2.45) is 11.8 Å². The molecule has 0 radical (unpaired) electrons. The number of carbonyl (C=O) groups excluding carboxylic acids is 1. The standard InChI is InChI=1S/C18H22ClNO4/c19-15-4-11(5-16-18(15)23-3-1-2-22-16)9-20-17(21)8-13-10-24-14-6-12(13)7-14/h4-5,12-14H,1-3,6-10H2,(H,20,21). The van der Waals surface area contributed by atoms with Crippen LogP contribution in [0.5, 0.6) is 11.5 Å². The van der Waals surface area contributed by atoms with E-state index in [1.54, 1.807) is 0 Å². The van der Waals surface area contributed by atoms with Gasteiger partial charge in [0.2, 0.25) is 5.91 Å². The number of fused-ring (bicyclic) bond motifs is 3. The maximum absolute atomic E-state index is 12.2. The summed E-state index contributed by atoms with van der Waals surface area (Å²) in [5, 5.41) is 3.51. The Morgan fingerprint density at radius 1 is 1.25 bits per heavy atom. The molecule has 2 bridgehead atoms. The van der Waals surface area contributed by atoms with E-state index in [0.717, 1.165) is 31.4 Å². The summed E-state index contributed by atoms with van der Waals surface area (Å²) in [5.74, 6) is 2.36. The van der Waals surface area contributed by atoms with Gasteiger partial charge in [0.05, 0.1) is 30.9 Å².